The minimum Gasteiger partial charge on any atom is -0.494 e. The fourth-order valence-corrected chi connectivity index (χ4v) is 5.90. The van der Waals surface area contributed by atoms with Crippen LogP contribution < -0.4 is 16.0 Å². The summed E-state index contributed by atoms with van der Waals surface area (Å²) in [6.07, 6.45) is -2.43. The number of aryl methyl sites for hydroxylation is 2. The molecule has 1 aromatic carbocycles. The van der Waals surface area contributed by atoms with E-state index in [-0.39, 0.29) is 50.5 Å². The summed E-state index contributed by atoms with van der Waals surface area (Å²) in [7, 11) is 2.46. The Bertz CT molecular complexity index is 1950. The molecule has 0 saturated carbocycles. The van der Waals surface area contributed by atoms with Crippen LogP contribution in [-0.2, 0) is 19.8 Å². The molecule has 200 valence electrons. The molecule has 0 radical (unpaired) electrons. The fourth-order valence-electron chi connectivity index (χ4n) is 4.47. The highest BCUT2D eigenvalue weighted by molar-refractivity contribution is 7.22. The lowest BCUT2D eigenvalue weighted by Crippen LogP contribution is -2.38. The third-order valence-electron chi connectivity index (χ3n) is 6.22. The van der Waals surface area contributed by atoms with E-state index in [2.05, 4.69) is 4.98 Å². The van der Waals surface area contributed by atoms with Crippen LogP contribution in [0.1, 0.15) is 12.1 Å². The lowest BCUT2D eigenvalue weighted by atomic mass is 10.1. The van der Waals surface area contributed by atoms with Crippen LogP contribution >= 0.6 is 22.9 Å². The van der Waals surface area contributed by atoms with Crippen LogP contribution in [0.5, 0.6) is 5.75 Å². The van der Waals surface area contributed by atoms with E-state index < -0.39 is 28.9 Å². The van der Waals surface area contributed by atoms with E-state index in [1.807, 2.05) is 6.07 Å². The van der Waals surface area contributed by atoms with Crippen molar-refractivity contribution in [3.05, 3.63) is 74.0 Å². The molecule has 0 atom stereocenters. The van der Waals surface area contributed by atoms with Crippen molar-refractivity contribution in [1.82, 2.24) is 18.7 Å². The zero-order chi connectivity index (χ0) is 28.2. The smallest absolute Gasteiger partial charge is 0.431 e. The van der Waals surface area contributed by atoms with Gasteiger partial charge in [-0.3, -0.25) is 14.3 Å². The second kappa shape index (κ2) is 9.55. The molecule has 5 rings (SSSR count). The van der Waals surface area contributed by atoms with Crippen LogP contribution in [-0.4, -0.2) is 25.8 Å². The van der Waals surface area contributed by atoms with E-state index in [1.165, 1.54) is 37.1 Å². The van der Waals surface area contributed by atoms with Crippen LogP contribution in [0.3, 0.4) is 0 Å². The van der Waals surface area contributed by atoms with Crippen molar-refractivity contribution in [1.29, 1.82) is 5.26 Å². The topological polar surface area (TPSA) is 94.8 Å². The molecule has 0 N–H and O–H groups in total. The number of nitrogens with zero attached hydrogens (tertiary/aromatic N) is 5. The molecule has 8 nitrogen and oxygen atoms in total. The van der Waals surface area contributed by atoms with Crippen molar-refractivity contribution in [2.75, 3.05) is 7.11 Å². The number of methoxy groups -OCH3 is 1. The first kappa shape index (κ1) is 26.5. The first-order chi connectivity index (χ1) is 18.5. The van der Waals surface area contributed by atoms with E-state index >= 15 is 0 Å². The molecule has 5 aromatic rings. The van der Waals surface area contributed by atoms with E-state index in [4.69, 9.17) is 16.3 Å². The molecule has 0 unspecified atom stereocenters. The van der Waals surface area contributed by atoms with E-state index in [0.29, 0.717) is 10.4 Å². The molecule has 0 aliphatic heterocycles. The first-order valence-electron chi connectivity index (χ1n) is 11.2. The van der Waals surface area contributed by atoms with Crippen molar-refractivity contribution in [2.45, 2.75) is 19.1 Å². The molecule has 4 aromatic heterocycles. The van der Waals surface area contributed by atoms with Gasteiger partial charge in [-0.25, -0.2) is 13.8 Å². The molecule has 14 heteroatoms. The van der Waals surface area contributed by atoms with Gasteiger partial charge < -0.3 is 9.30 Å². The summed E-state index contributed by atoms with van der Waals surface area (Å²) in [6.45, 7) is -0.104. The van der Waals surface area contributed by atoms with Crippen molar-refractivity contribution >= 4 is 44.1 Å². The lowest BCUT2D eigenvalue weighted by molar-refractivity contribution is -0.142. The molecule has 0 bridgehead atoms. The van der Waals surface area contributed by atoms with Gasteiger partial charge >= 0.3 is 11.9 Å². The summed E-state index contributed by atoms with van der Waals surface area (Å²) in [5.74, 6) is -0.782. The number of halogens is 5. The molecule has 39 heavy (non-hydrogen) atoms. The maximum atomic E-state index is 14.1. The van der Waals surface area contributed by atoms with Gasteiger partial charge in [-0.15, -0.1) is 11.3 Å². The lowest BCUT2D eigenvalue weighted by Gasteiger charge is -2.13. The number of ether oxygens (including phenoxy) is 1. The van der Waals surface area contributed by atoms with E-state index in [0.717, 1.165) is 38.8 Å². The average Bonchev–Trinajstić information content (AvgIpc) is 3.47. The number of hydrogen-bond donors (Lipinski definition) is 0. The SMILES string of the molecule is COc1cc(-c2cc3c(s2)c(=O)n(-c2cncc4cc(C(F)(F)F)n(C)c24)c(=O)n3CCC#N)c(Cl)cc1F. The molecule has 0 fully saturated rings. The number of benzene rings is 1. The predicted octanol–water partition coefficient (Wildman–Crippen LogP) is 5.50. The highest BCUT2D eigenvalue weighted by Gasteiger charge is 2.35. The largest absolute Gasteiger partial charge is 0.494 e. The number of aromatic nitrogens is 4. The molecule has 0 aliphatic rings. The normalized spacial score (nSPS) is 11.8. The summed E-state index contributed by atoms with van der Waals surface area (Å²) < 4.78 is 62.9. The number of alkyl halides is 3. The van der Waals surface area contributed by atoms with E-state index in [1.54, 1.807) is 0 Å². The number of hydrogen-bond acceptors (Lipinski definition) is 6. The Morgan fingerprint density at radius 1 is 1.18 bits per heavy atom. The van der Waals surface area contributed by atoms with Gasteiger partial charge in [0.05, 0.1) is 47.5 Å². The van der Waals surface area contributed by atoms with Gasteiger partial charge in [0.2, 0.25) is 0 Å². The van der Waals surface area contributed by atoms with Crippen LogP contribution in [0.15, 0.2) is 46.2 Å². The van der Waals surface area contributed by atoms with Gasteiger partial charge in [0.25, 0.3) is 5.56 Å². The Kier molecular flexibility index (Phi) is 6.48. The number of rotatable bonds is 5. The second-order valence-corrected chi connectivity index (χ2v) is 9.92. The van der Waals surface area contributed by atoms with Gasteiger partial charge in [-0.2, -0.15) is 18.4 Å². The van der Waals surface area contributed by atoms with Crippen molar-refractivity contribution < 1.29 is 22.3 Å². The number of fused-ring (bicyclic) bond motifs is 2. The van der Waals surface area contributed by atoms with Gasteiger partial charge in [0.15, 0.2) is 11.6 Å². The van der Waals surface area contributed by atoms with Gasteiger partial charge in [-0.05, 0) is 24.3 Å². The minimum absolute atomic E-state index is 0.0224. The maximum absolute atomic E-state index is 14.1. The summed E-state index contributed by atoms with van der Waals surface area (Å²) in [6, 6.07) is 6.76. The Balaban J connectivity index is 1.86. The van der Waals surface area contributed by atoms with Gasteiger partial charge in [-0.1, -0.05) is 11.6 Å². The molecular formula is C25H16ClF4N5O3S. The second-order valence-electron chi connectivity index (χ2n) is 8.46. The van der Waals surface area contributed by atoms with Gasteiger partial charge in [0, 0.05) is 35.6 Å². The molecule has 4 heterocycles. The van der Waals surface area contributed by atoms with Crippen molar-refractivity contribution in [3.63, 3.8) is 0 Å². The van der Waals surface area contributed by atoms with Gasteiger partial charge in [0.1, 0.15) is 10.4 Å². The van der Waals surface area contributed by atoms with E-state index in [9.17, 15) is 32.4 Å². The number of nitriles is 1. The monoisotopic (exact) mass is 577 g/mol. The zero-order valence-corrected chi connectivity index (χ0v) is 21.7. The Labute approximate surface area is 225 Å². The fraction of sp³-hybridized carbons (Fsp3) is 0.200. The zero-order valence-electron chi connectivity index (χ0n) is 20.1. The summed E-state index contributed by atoms with van der Waals surface area (Å²) in [5, 5.41) is 9.28. The summed E-state index contributed by atoms with van der Waals surface area (Å²) in [5.41, 5.74) is -2.28. The molecule has 0 aliphatic carbocycles. The highest BCUT2D eigenvalue weighted by atomic mass is 35.5. The van der Waals surface area contributed by atoms with Crippen LogP contribution in [0.25, 0.3) is 37.2 Å². The molecule has 0 spiro atoms. The maximum Gasteiger partial charge on any atom is 0.431 e. The molecule has 0 amide bonds. The standard InChI is InChI=1S/C25H16ClF4N5O3S/c1-33-20(25(28,29)30)6-12-10-32-11-17(21(12)33)35-23(36)22-16(34(24(35)37)5-3-4-31)9-19(39-22)13-7-18(38-2)15(27)8-14(13)26/h6-11H,3,5H2,1-2H3. The quantitative estimate of drug-likeness (QED) is 0.257. The highest BCUT2D eigenvalue weighted by Crippen LogP contribution is 2.39. The Morgan fingerprint density at radius 2 is 1.92 bits per heavy atom. The summed E-state index contributed by atoms with van der Waals surface area (Å²) >= 11 is 7.23. The molecule has 0 saturated heterocycles. The number of thiophene rings is 1. The third kappa shape index (κ3) is 4.25. The van der Waals surface area contributed by atoms with Crippen LogP contribution in [0.4, 0.5) is 17.6 Å². The first-order valence-corrected chi connectivity index (χ1v) is 12.4. The van der Waals surface area contributed by atoms with Crippen LogP contribution in [0.2, 0.25) is 5.02 Å². The predicted molar refractivity (Wildman–Crippen MR) is 138 cm³/mol. The summed E-state index contributed by atoms with van der Waals surface area (Å²) in [4.78, 5) is 31.8. The average molecular weight is 578 g/mol. The Morgan fingerprint density at radius 3 is 2.59 bits per heavy atom. The van der Waals surface area contributed by atoms with Crippen molar-refractivity contribution in [3.8, 4) is 27.9 Å². The molecular weight excluding hydrogens is 562 g/mol. The Hall–Kier alpha value is -4.15. The number of pyridine rings is 1. The third-order valence-corrected chi connectivity index (χ3v) is 7.68. The van der Waals surface area contributed by atoms with Crippen molar-refractivity contribution in [2.24, 2.45) is 7.05 Å². The van der Waals surface area contributed by atoms with Crippen LogP contribution in [0, 0.1) is 17.1 Å². The minimum atomic E-state index is -4.69.